The van der Waals surface area contributed by atoms with Crippen LogP contribution in [0.5, 0.6) is 0 Å². The second kappa shape index (κ2) is 56.4. The molecule has 1 heterocycles. The number of unbranched alkanes of at least 4 members (excludes halogenated alkanes) is 41. The van der Waals surface area contributed by atoms with Crippen LogP contribution in [0.3, 0.4) is 0 Å². The highest BCUT2D eigenvalue weighted by Gasteiger charge is 2.44. The van der Waals surface area contributed by atoms with E-state index in [4.69, 9.17) is 9.47 Å². The van der Waals surface area contributed by atoms with Crippen molar-refractivity contribution in [2.24, 2.45) is 0 Å². The zero-order chi connectivity index (χ0) is 55.0. The maximum Gasteiger partial charge on any atom is 0.220 e. The quantitative estimate of drug-likeness (QED) is 0.0261. The summed E-state index contributed by atoms with van der Waals surface area (Å²) >= 11 is 0. The van der Waals surface area contributed by atoms with Gasteiger partial charge in [0.1, 0.15) is 24.4 Å². The molecular weight excluding hydrogens is 947 g/mol. The lowest BCUT2D eigenvalue weighted by molar-refractivity contribution is -0.302. The highest BCUT2D eigenvalue weighted by Crippen LogP contribution is 2.23. The van der Waals surface area contributed by atoms with Crippen LogP contribution in [0.4, 0.5) is 0 Å². The molecule has 0 aromatic rings. The summed E-state index contributed by atoms with van der Waals surface area (Å²) in [6, 6.07) is -0.805. The van der Waals surface area contributed by atoms with E-state index in [1.54, 1.807) is 6.08 Å². The number of allylic oxidation sites excluding steroid dienone is 7. The first kappa shape index (κ1) is 72.2. The van der Waals surface area contributed by atoms with Gasteiger partial charge in [-0.1, -0.05) is 300 Å². The minimum atomic E-state index is -1.57. The third kappa shape index (κ3) is 44.9. The average Bonchev–Trinajstić information content (AvgIpc) is 3.42. The molecule has 0 aromatic carbocycles. The SMILES string of the molecule is CCCCCCC/C=C\C/C=C\C/C=C\CCCCCCCCCCCCCCCCCCCCCCC(=O)NC(COC1OC(CO)C(O)C(O)C1O)C(O)/C=C/CCCCCCCCCCCCCCCCCC. The van der Waals surface area contributed by atoms with Gasteiger partial charge in [-0.05, 0) is 57.8 Å². The zero-order valence-electron chi connectivity index (χ0n) is 49.8. The molecule has 446 valence electrons. The van der Waals surface area contributed by atoms with Crippen molar-refractivity contribution in [3.8, 4) is 0 Å². The summed E-state index contributed by atoms with van der Waals surface area (Å²) in [5, 5.41) is 54.6. The minimum Gasteiger partial charge on any atom is -0.394 e. The van der Waals surface area contributed by atoms with Crippen molar-refractivity contribution in [3.05, 3.63) is 48.6 Å². The molecule has 76 heavy (non-hydrogen) atoms. The van der Waals surface area contributed by atoms with Crippen LogP contribution < -0.4 is 5.32 Å². The van der Waals surface area contributed by atoms with Crippen LogP contribution in [0.2, 0.25) is 0 Å². The summed E-state index contributed by atoms with van der Waals surface area (Å²) < 4.78 is 11.3. The Kier molecular flexibility index (Phi) is 53.6. The second-order valence-corrected chi connectivity index (χ2v) is 22.9. The van der Waals surface area contributed by atoms with Gasteiger partial charge in [0, 0.05) is 6.42 Å². The van der Waals surface area contributed by atoms with Crippen LogP contribution in [0.25, 0.3) is 0 Å². The molecule has 1 amide bonds. The Labute approximate surface area is 469 Å². The van der Waals surface area contributed by atoms with Gasteiger partial charge in [0.2, 0.25) is 5.91 Å². The van der Waals surface area contributed by atoms with Crippen molar-refractivity contribution in [1.29, 1.82) is 0 Å². The fourth-order valence-corrected chi connectivity index (χ4v) is 10.5. The normalized spacial score (nSPS) is 19.1. The van der Waals surface area contributed by atoms with E-state index >= 15 is 0 Å². The van der Waals surface area contributed by atoms with Crippen LogP contribution >= 0.6 is 0 Å². The van der Waals surface area contributed by atoms with Crippen LogP contribution in [-0.2, 0) is 14.3 Å². The molecule has 1 saturated heterocycles. The lowest BCUT2D eigenvalue weighted by Crippen LogP contribution is -2.60. The largest absolute Gasteiger partial charge is 0.394 e. The number of aliphatic hydroxyl groups excluding tert-OH is 5. The lowest BCUT2D eigenvalue weighted by atomic mass is 9.99. The van der Waals surface area contributed by atoms with Crippen LogP contribution in [0.1, 0.15) is 316 Å². The number of carbonyl (C=O) groups is 1. The van der Waals surface area contributed by atoms with E-state index in [1.807, 2.05) is 6.08 Å². The Morgan fingerprint density at radius 2 is 0.776 bits per heavy atom. The average molecular weight is 1070 g/mol. The van der Waals surface area contributed by atoms with Gasteiger partial charge in [-0.2, -0.15) is 0 Å². The summed E-state index contributed by atoms with van der Waals surface area (Å²) in [7, 11) is 0. The summed E-state index contributed by atoms with van der Waals surface area (Å²) in [6.07, 6.45) is 69.2. The van der Waals surface area contributed by atoms with Crippen molar-refractivity contribution >= 4 is 5.91 Å². The van der Waals surface area contributed by atoms with Gasteiger partial charge < -0.3 is 40.3 Å². The van der Waals surface area contributed by atoms with E-state index in [2.05, 4.69) is 55.6 Å². The first-order valence-corrected chi connectivity index (χ1v) is 32.9. The summed E-state index contributed by atoms with van der Waals surface area (Å²) in [6.45, 7) is 3.80. The molecule has 1 aliphatic rings. The second-order valence-electron chi connectivity index (χ2n) is 22.9. The third-order valence-electron chi connectivity index (χ3n) is 15.6. The molecule has 6 N–H and O–H groups in total. The molecule has 9 heteroatoms. The third-order valence-corrected chi connectivity index (χ3v) is 15.6. The Bertz CT molecular complexity index is 1340. The summed E-state index contributed by atoms with van der Waals surface area (Å²) in [4.78, 5) is 13.1. The Hall–Kier alpha value is -1.85. The van der Waals surface area contributed by atoms with Crippen LogP contribution in [0, 0.1) is 0 Å². The predicted molar refractivity (Wildman–Crippen MR) is 323 cm³/mol. The van der Waals surface area contributed by atoms with Crippen molar-refractivity contribution in [3.63, 3.8) is 0 Å². The van der Waals surface area contributed by atoms with Gasteiger partial charge in [0.15, 0.2) is 6.29 Å². The highest BCUT2D eigenvalue weighted by molar-refractivity contribution is 5.76. The molecule has 0 bridgehead atoms. The molecule has 0 radical (unpaired) electrons. The van der Waals surface area contributed by atoms with Crippen LogP contribution in [-0.4, -0.2) is 87.5 Å². The van der Waals surface area contributed by atoms with Crippen molar-refractivity contribution in [2.45, 2.75) is 358 Å². The minimum absolute atomic E-state index is 0.172. The molecule has 7 atom stereocenters. The van der Waals surface area contributed by atoms with Gasteiger partial charge in [-0.3, -0.25) is 4.79 Å². The van der Waals surface area contributed by atoms with E-state index in [0.29, 0.717) is 6.42 Å². The molecule has 9 nitrogen and oxygen atoms in total. The fraction of sp³-hybridized carbons (Fsp3) is 0.866. The van der Waals surface area contributed by atoms with E-state index in [-0.39, 0.29) is 12.5 Å². The van der Waals surface area contributed by atoms with E-state index in [0.717, 1.165) is 51.4 Å². The number of nitrogens with one attached hydrogen (secondary N) is 1. The van der Waals surface area contributed by atoms with Crippen molar-refractivity contribution in [2.75, 3.05) is 13.2 Å². The molecule has 7 unspecified atom stereocenters. The highest BCUT2D eigenvalue weighted by atomic mass is 16.7. The Morgan fingerprint density at radius 3 is 1.14 bits per heavy atom. The maximum absolute atomic E-state index is 13.1. The summed E-state index contributed by atoms with van der Waals surface area (Å²) in [5.74, 6) is -0.172. The Balaban J connectivity index is 2.10. The molecule has 0 spiro atoms. The van der Waals surface area contributed by atoms with Gasteiger partial charge >= 0.3 is 0 Å². The van der Waals surface area contributed by atoms with Crippen LogP contribution in [0.15, 0.2) is 48.6 Å². The topological polar surface area (TPSA) is 149 Å². The lowest BCUT2D eigenvalue weighted by Gasteiger charge is -2.40. The first-order chi connectivity index (χ1) is 37.3. The number of hydrogen-bond acceptors (Lipinski definition) is 8. The fourth-order valence-electron chi connectivity index (χ4n) is 10.5. The molecule has 0 saturated carbocycles. The molecule has 0 aliphatic carbocycles. The number of amides is 1. The molecule has 1 rings (SSSR count). The number of aliphatic hydroxyl groups is 5. The zero-order valence-corrected chi connectivity index (χ0v) is 49.8. The van der Waals surface area contributed by atoms with Crippen molar-refractivity contribution in [1.82, 2.24) is 5.32 Å². The number of hydrogen-bond donors (Lipinski definition) is 6. The predicted octanol–water partition coefficient (Wildman–Crippen LogP) is 17.2. The molecule has 1 aliphatic heterocycles. The standard InChI is InChI=1S/C67H125NO8/c1-3-5-7-9-11-13-15-17-19-21-23-24-25-26-27-28-29-30-31-32-33-34-35-36-37-38-39-41-43-45-47-49-51-53-55-57-63(71)68-60(59-75-67-66(74)65(73)64(72)62(58-69)76-67)61(70)56-54-52-50-48-46-44-42-40-22-20-18-16-14-12-10-8-6-4-2/h15,17,21,23,25-26,54,56,60-62,64-67,69-70,72-74H,3-14,16,18-20,22,24,27-53,55,57-59H2,1-2H3,(H,68,71)/b17-15-,23-21-,26-25-,56-54+. The van der Waals surface area contributed by atoms with Crippen molar-refractivity contribution < 1.29 is 39.8 Å². The first-order valence-electron chi connectivity index (χ1n) is 32.9. The molecular formula is C67H125NO8. The van der Waals surface area contributed by atoms with Gasteiger partial charge in [0.05, 0.1) is 25.4 Å². The Morgan fingerprint density at radius 1 is 0.447 bits per heavy atom. The van der Waals surface area contributed by atoms with E-state index in [9.17, 15) is 30.3 Å². The molecule has 0 aromatic heterocycles. The molecule has 1 fully saturated rings. The smallest absolute Gasteiger partial charge is 0.220 e. The maximum atomic E-state index is 13.1. The summed E-state index contributed by atoms with van der Waals surface area (Å²) in [5.41, 5.74) is 0. The monoisotopic (exact) mass is 1070 g/mol. The van der Waals surface area contributed by atoms with Gasteiger partial charge in [0.25, 0.3) is 0 Å². The van der Waals surface area contributed by atoms with E-state index < -0.39 is 49.5 Å². The van der Waals surface area contributed by atoms with Gasteiger partial charge in [-0.15, -0.1) is 0 Å². The number of ether oxygens (including phenoxy) is 2. The number of carbonyl (C=O) groups excluding carboxylic acids is 1. The number of rotatable bonds is 57. The van der Waals surface area contributed by atoms with E-state index in [1.165, 1.54) is 244 Å². The van der Waals surface area contributed by atoms with Gasteiger partial charge in [-0.25, -0.2) is 0 Å².